The Bertz CT molecular complexity index is 1220. The number of aliphatic hydroxyl groups is 1. The van der Waals surface area contributed by atoms with Crippen molar-refractivity contribution in [2.45, 2.75) is 44.9 Å². The number of hydrogen-bond acceptors (Lipinski definition) is 6. The molecule has 190 valence electrons. The van der Waals surface area contributed by atoms with E-state index in [1.54, 1.807) is 12.1 Å². The number of aromatic hydroxyl groups is 1. The Kier molecular flexibility index (Phi) is 9.02. The maximum absolute atomic E-state index is 13.1. The van der Waals surface area contributed by atoms with Crippen LogP contribution in [0.1, 0.15) is 36.2 Å². The number of rotatable bonds is 10. The molecule has 8 heteroatoms. The van der Waals surface area contributed by atoms with Gasteiger partial charge in [0, 0.05) is 0 Å². The van der Waals surface area contributed by atoms with Crippen LogP contribution in [0.4, 0.5) is 0 Å². The van der Waals surface area contributed by atoms with Gasteiger partial charge in [-0.05, 0) is 47.2 Å². The van der Waals surface area contributed by atoms with E-state index in [0.29, 0.717) is 6.42 Å². The molecule has 0 aliphatic carbocycles. The molecule has 8 nitrogen and oxygen atoms in total. The van der Waals surface area contributed by atoms with Crippen LogP contribution in [0.2, 0.25) is 0 Å². The third kappa shape index (κ3) is 6.60. The second kappa shape index (κ2) is 12.2. The molecule has 0 heterocycles. The molecule has 4 N–H and O–H groups in total. The molecule has 2 amide bonds. The zero-order valence-electron chi connectivity index (χ0n) is 20.6. The van der Waals surface area contributed by atoms with Crippen LogP contribution >= 0.6 is 0 Å². The summed E-state index contributed by atoms with van der Waals surface area (Å²) in [6.07, 6.45) is -1.23. The number of ether oxygens (including phenoxy) is 1. The summed E-state index contributed by atoms with van der Waals surface area (Å²) in [6, 6.07) is 17.4. The van der Waals surface area contributed by atoms with Gasteiger partial charge in [0.15, 0.2) is 6.10 Å². The number of phenolic OH excluding ortho intramolecular Hbond substituents is 1. The second-order valence-corrected chi connectivity index (χ2v) is 9.10. The largest absolute Gasteiger partial charge is 0.507 e. The number of methoxy groups -OCH3 is 1. The van der Waals surface area contributed by atoms with Crippen molar-refractivity contribution in [3.8, 4) is 5.75 Å². The fourth-order valence-electron chi connectivity index (χ4n) is 4.13. The summed E-state index contributed by atoms with van der Waals surface area (Å²) in [5.41, 5.74) is 0.828. The summed E-state index contributed by atoms with van der Waals surface area (Å²) < 4.78 is 4.80. The summed E-state index contributed by atoms with van der Waals surface area (Å²) >= 11 is 0. The fraction of sp³-hybridized carbons (Fsp3) is 0.321. The van der Waals surface area contributed by atoms with Crippen LogP contribution < -0.4 is 10.6 Å². The molecule has 0 saturated heterocycles. The summed E-state index contributed by atoms with van der Waals surface area (Å²) in [6.45, 7) is 3.79. The highest BCUT2D eigenvalue weighted by atomic mass is 16.5. The minimum absolute atomic E-state index is 0.0141. The number of hydrogen-bond donors (Lipinski definition) is 4. The average Bonchev–Trinajstić information content (AvgIpc) is 2.87. The molecule has 0 bridgehead atoms. The lowest BCUT2D eigenvalue weighted by atomic mass is 9.95. The summed E-state index contributed by atoms with van der Waals surface area (Å²) in [7, 11) is 1.23. The molecule has 3 aromatic rings. The van der Waals surface area contributed by atoms with Gasteiger partial charge in [-0.25, -0.2) is 4.79 Å². The van der Waals surface area contributed by atoms with Crippen LogP contribution in [-0.2, 0) is 20.7 Å². The number of amides is 2. The highest BCUT2D eigenvalue weighted by Gasteiger charge is 2.32. The Labute approximate surface area is 210 Å². The number of esters is 1. The number of fused-ring (bicyclic) bond motifs is 1. The van der Waals surface area contributed by atoms with E-state index in [-0.39, 0.29) is 23.7 Å². The van der Waals surface area contributed by atoms with Crippen molar-refractivity contribution in [3.63, 3.8) is 0 Å². The van der Waals surface area contributed by atoms with E-state index >= 15 is 0 Å². The number of aliphatic hydroxyl groups excluding tert-OH is 1. The summed E-state index contributed by atoms with van der Waals surface area (Å²) in [4.78, 5) is 38.3. The third-order valence-electron chi connectivity index (χ3n) is 5.94. The van der Waals surface area contributed by atoms with Crippen molar-refractivity contribution in [1.29, 1.82) is 0 Å². The molecule has 0 aromatic heterocycles. The molecule has 3 aromatic carbocycles. The predicted octanol–water partition coefficient (Wildman–Crippen LogP) is 2.95. The maximum Gasteiger partial charge on any atom is 0.328 e. The van der Waals surface area contributed by atoms with Crippen LogP contribution in [0.5, 0.6) is 5.75 Å². The lowest BCUT2D eigenvalue weighted by molar-refractivity contribution is -0.147. The molecule has 0 aliphatic heterocycles. The molecule has 0 radical (unpaired) electrons. The van der Waals surface area contributed by atoms with Crippen LogP contribution in [0.25, 0.3) is 10.8 Å². The van der Waals surface area contributed by atoms with Gasteiger partial charge >= 0.3 is 5.97 Å². The van der Waals surface area contributed by atoms with Gasteiger partial charge in [0.2, 0.25) is 0 Å². The molecule has 0 unspecified atom stereocenters. The predicted molar refractivity (Wildman–Crippen MR) is 136 cm³/mol. The Morgan fingerprint density at radius 2 is 1.58 bits per heavy atom. The number of para-hydroxylation sites is 1. The first-order valence-electron chi connectivity index (χ1n) is 11.8. The normalized spacial score (nSPS) is 13.6. The van der Waals surface area contributed by atoms with E-state index in [9.17, 15) is 24.6 Å². The van der Waals surface area contributed by atoms with Gasteiger partial charge in [0.25, 0.3) is 11.8 Å². The highest BCUT2D eigenvalue weighted by molar-refractivity contribution is 5.97. The number of phenols is 1. The quantitative estimate of drug-likeness (QED) is 0.323. The highest BCUT2D eigenvalue weighted by Crippen LogP contribution is 2.22. The molecular formula is C28H32N2O6. The Morgan fingerprint density at radius 3 is 2.28 bits per heavy atom. The van der Waals surface area contributed by atoms with E-state index in [2.05, 4.69) is 10.6 Å². The van der Waals surface area contributed by atoms with Gasteiger partial charge in [-0.2, -0.15) is 0 Å². The standard InChI is InChI=1S/C28H32N2O6/c1-17(2)15-23(28(35)36-3)30-27(34)25(32)22(29-26(33)21-13-6-7-14-24(21)31)16-19-11-8-10-18-9-4-5-12-20(18)19/h4-14,17,22-23,25,31-32H,15-16H2,1-3H3,(H,29,33)(H,30,34)/t22-,23-,25+/m0/s1. The minimum atomic E-state index is -1.68. The van der Waals surface area contributed by atoms with Crippen LogP contribution in [0.3, 0.4) is 0 Å². The molecule has 3 atom stereocenters. The van der Waals surface area contributed by atoms with Gasteiger partial charge in [-0.15, -0.1) is 0 Å². The Hall–Kier alpha value is -3.91. The summed E-state index contributed by atoms with van der Waals surface area (Å²) in [5, 5.41) is 28.3. The van der Waals surface area contributed by atoms with Crippen molar-refractivity contribution in [3.05, 3.63) is 77.9 Å². The smallest absolute Gasteiger partial charge is 0.328 e. The molecule has 3 rings (SSSR count). The maximum atomic E-state index is 13.1. The molecule has 0 saturated carbocycles. The van der Waals surface area contributed by atoms with Crippen molar-refractivity contribution in [1.82, 2.24) is 10.6 Å². The van der Waals surface area contributed by atoms with Crippen molar-refractivity contribution in [2.24, 2.45) is 5.92 Å². The van der Waals surface area contributed by atoms with Gasteiger partial charge in [-0.1, -0.05) is 68.4 Å². The lowest BCUT2D eigenvalue weighted by Crippen LogP contribution is -2.54. The molecular weight excluding hydrogens is 460 g/mol. The molecule has 0 fully saturated rings. The first-order valence-corrected chi connectivity index (χ1v) is 11.8. The van der Waals surface area contributed by atoms with Crippen molar-refractivity contribution in [2.75, 3.05) is 7.11 Å². The van der Waals surface area contributed by atoms with E-state index in [1.165, 1.54) is 19.2 Å². The van der Waals surface area contributed by atoms with Crippen molar-refractivity contribution < 1.29 is 29.3 Å². The monoisotopic (exact) mass is 492 g/mol. The van der Waals surface area contributed by atoms with Crippen molar-refractivity contribution >= 4 is 28.6 Å². The van der Waals surface area contributed by atoms with Gasteiger partial charge in [0.05, 0.1) is 18.7 Å². The summed E-state index contributed by atoms with van der Waals surface area (Å²) in [5.74, 6) is -2.21. The second-order valence-electron chi connectivity index (χ2n) is 9.10. The van der Waals surface area contributed by atoms with Crippen LogP contribution in [0, 0.1) is 5.92 Å². The Morgan fingerprint density at radius 1 is 0.917 bits per heavy atom. The van der Waals surface area contributed by atoms with Crippen LogP contribution in [0.15, 0.2) is 66.7 Å². The third-order valence-corrected chi connectivity index (χ3v) is 5.94. The number of benzene rings is 3. The minimum Gasteiger partial charge on any atom is -0.507 e. The number of carbonyl (C=O) groups excluding carboxylic acids is 3. The van der Waals surface area contributed by atoms with Gasteiger partial charge < -0.3 is 25.6 Å². The van der Waals surface area contributed by atoms with E-state index < -0.39 is 36.0 Å². The molecule has 0 aliphatic rings. The molecule has 0 spiro atoms. The topological polar surface area (TPSA) is 125 Å². The zero-order chi connectivity index (χ0) is 26.2. The lowest BCUT2D eigenvalue weighted by Gasteiger charge is -2.26. The van der Waals surface area contributed by atoms with E-state index in [0.717, 1.165) is 16.3 Å². The zero-order valence-corrected chi connectivity index (χ0v) is 20.6. The fourth-order valence-corrected chi connectivity index (χ4v) is 4.13. The van der Waals surface area contributed by atoms with Gasteiger partial charge in [-0.3, -0.25) is 9.59 Å². The SMILES string of the molecule is COC(=O)[C@H](CC(C)C)NC(=O)[C@H](O)[C@H](Cc1cccc2ccccc12)NC(=O)c1ccccc1O. The average molecular weight is 493 g/mol. The number of carbonyl (C=O) groups is 3. The first kappa shape index (κ1) is 26.7. The van der Waals surface area contributed by atoms with Crippen LogP contribution in [-0.4, -0.2) is 53.3 Å². The Balaban J connectivity index is 1.90. The molecule has 36 heavy (non-hydrogen) atoms. The van der Waals surface area contributed by atoms with E-state index in [4.69, 9.17) is 4.74 Å². The first-order chi connectivity index (χ1) is 17.2. The van der Waals surface area contributed by atoms with Gasteiger partial charge in [0.1, 0.15) is 11.8 Å². The number of nitrogens with one attached hydrogen (secondary N) is 2. The van der Waals surface area contributed by atoms with E-state index in [1.807, 2.05) is 56.3 Å².